The topological polar surface area (TPSA) is 78.7 Å². The van der Waals surface area contributed by atoms with Crippen molar-refractivity contribution in [3.8, 4) is 22.5 Å². The van der Waals surface area contributed by atoms with Crippen LogP contribution in [0.25, 0.3) is 33.4 Å². The Bertz CT molecular complexity index is 1640. The molecule has 3 heterocycles. The molecule has 0 amide bonds. The molecule has 0 radical (unpaired) electrons. The number of rotatable bonds is 8. The molecule has 0 bridgehead atoms. The molecule has 1 aliphatic rings. The number of nitrogens with zero attached hydrogens (tertiary/aromatic N) is 4. The van der Waals surface area contributed by atoms with Gasteiger partial charge in [0.1, 0.15) is 0 Å². The second-order valence-corrected chi connectivity index (χ2v) is 13.6. The third kappa shape index (κ3) is 6.67. The van der Waals surface area contributed by atoms with Gasteiger partial charge < -0.3 is 5.11 Å². The predicted molar refractivity (Wildman–Crippen MR) is 158 cm³/mol. The third-order valence-electron chi connectivity index (χ3n) is 7.53. The van der Waals surface area contributed by atoms with Crippen molar-refractivity contribution in [2.24, 2.45) is 0 Å². The fourth-order valence-electron chi connectivity index (χ4n) is 5.52. The van der Waals surface area contributed by atoms with Crippen molar-refractivity contribution in [3.63, 3.8) is 0 Å². The standard InChI is InChI=1S/C31H36F2N4O3S/c1-21-26-17-28(24-9-11-25(12-10-24)41(4,39)40)37(30(32)33)29(26)18-27(34-21)23-7-5-22(6-8-23)19-35-13-15-36(16-14-35)20-31(2,3)38/h5-12,17-18,30,38H,13-16,19-20H2,1-4H3. The Hall–Kier alpha value is -3.18. The van der Waals surface area contributed by atoms with Crippen LogP contribution < -0.4 is 0 Å². The summed E-state index contributed by atoms with van der Waals surface area (Å²) >= 11 is 0. The number of halogens is 2. The number of β-amino-alcohol motifs (C(OH)–C–C–N with tert-alkyl or cyclic N) is 1. The van der Waals surface area contributed by atoms with E-state index < -0.39 is 22.0 Å². The number of fused-ring (bicyclic) bond motifs is 1. The van der Waals surface area contributed by atoms with Gasteiger partial charge in [-0.25, -0.2) is 8.42 Å². The molecule has 10 heteroatoms. The normalized spacial score (nSPS) is 15.7. The van der Waals surface area contributed by atoms with Gasteiger partial charge >= 0.3 is 6.55 Å². The van der Waals surface area contributed by atoms with Gasteiger partial charge in [0.25, 0.3) is 0 Å². The molecular formula is C31H36F2N4O3S. The third-order valence-corrected chi connectivity index (χ3v) is 8.66. The molecule has 1 aliphatic heterocycles. The van der Waals surface area contributed by atoms with E-state index >= 15 is 0 Å². The zero-order valence-electron chi connectivity index (χ0n) is 23.8. The minimum absolute atomic E-state index is 0.137. The van der Waals surface area contributed by atoms with Crippen molar-refractivity contribution in [1.29, 1.82) is 0 Å². The number of piperazine rings is 1. The Morgan fingerprint density at radius 3 is 2.07 bits per heavy atom. The molecule has 41 heavy (non-hydrogen) atoms. The quantitative estimate of drug-likeness (QED) is 0.301. The summed E-state index contributed by atoms with van der Waals surface area (Å²) in [5, 5.41) is 10.7. The summed E-state index contributed by atoms with van der Waals surface area (Å²) in [6, 6.07) is 17.4. The molecule has 1 fully saturated rings. The number of pyridine rings is 1. The molecule has 2 aromatic heterocycles. The lowest BCUT2D eigenvalue weighted by molar-refractivity contribution is 0.0167. The van der Waals surface area contributed by atoms with E-state index in [9.17, 15) is 22.3 Å². The molecule has 0 saturated carbocycles. The number of benzene rings is 2. The molecule has 1 saturated heterocycles. The van der Waals surface area contributed by atoms with E-state index in [-0.39, 0.29) is 4.90 Å². The van der Waals surface area contributed by atoms with E-state index in [1.807, 2.05) is 32.9 Å². The maximum Gasteiger partial charge on any atom is 0.319 e. The van der Waals surface area contributed by atoms with Crippen LogP contribution in [-0.2, 0) is 16.4 Å². The van der Waals surface area contributed by atoms with E-state index in [1.165, 1.54) is 17.7 Å². The monoisotopic (exact) mass is 582 g/mol. The van der Waals surface area contributed by atoms with Crippen LogP contribution in [0.5, 0.6) is 0 Å². The minimum atomic E-state index is -3.39. The van der Waals surface area contributed by atoms with Gasteiger partial charge in [0.2, 0.25) is 0 Å². The molecular weight excluding hydrogens is 546 g/mol. The Labute approximate surface area is 240 Å². The summed E-state index contributed by atoms with van der Waals surface area (Å²) in [6.45, 7) is 7.86. The van der Waals surface area contributed by atoms with Crippen LogP contribution in [0.4, 0.5) is 8.78 Å². The first-order valence-electron chi connectivity index (χ1n) is 13.7. The van der Waals surface area contributed by atoms with Gasteiger partial charge in [-0.05, 0) is 56.2 Å². The fourth-order valence-corrected chi connectivity index (χ4v) is 6.16. The molecule has 1 N–H and O–H groups in total. The van der Waals surface area contributed by atoms with Gasteiger partial charge in [-0.3, -0.25) is 19.4 Å². The highest BCUT2D eigenvalue weighted by atomic mass is 32.2. The van der Waals surface area contributed by atoms with Crippen molar-refractivity contribution in [2.45, 2.75) is 44.4 Å². The highest BCUT2D eigenvalue weighted by Crippen LogP contribution is 2.36. The van der Waals surface area contributed by atoms with Crippen molar-refractivity contribution in [2.75, 3.05) is 39.0 Å². The second-order valence-electron chi connectivity index (χ2n) is 11.6. The van der Waals surface area contributed by atoms with Crippen LogP contribution >= 0.6 is 0 Å². The molecule has 0 aliphatic carbocycles. The zero-order valence-corrected chi connectivity index (χ0v) is 24.6. The number of aromatic nitrogens is 2. The number of hydrogen-bond donors (Lipinski definition) is 1. The van der Waals surface area contributed by atoms with Crippen LogP contribution in [0.3, 0.4) is 0 Å². The molecule has 5 rings (SSSR count). The summed E-state index contributed by atoms with van der Waals surface area (Å²) in [5.74, 6) is 0. The summed E-state index contributed by atoms with van der Waals surface area (Å²) < 4.78 is 53.5. The van der Waals surface area contributed by atoms with Gasteiger partial charge in [0.15, 0.2) is 9.84 Å². The van der Waals surface area contributed by atoms with Gasteiger partial charge in [0, 0.05) is 62.2 Å². The van der Waals surface area contributed by atoms with E-state index in [4.69, 9.17) is 4.98 Å². The van der Waals surface area contributed by atoms with Gasteiger partial charge in [-0.15, -0.1) is 0 Å². The van der Waals surface area contributed by atoms with Crippen LogP contribution in [-0.4, -0.2) is 77.5 Å². The van der Waals surface area contributed by atoms with E-state index in [0.717, 1.165) is 49.1 Å². The maximum absolute atomic E-state index is 14.4. The van der Waals surface area contributed by atoms with Gasteiger partial charge in [0.05, 0.1) is 27.4 Å². The molecule has 0 spiro atoms. The minimum Gasteiger partial charge on any atom is -0.389 e. The Balaban J connectivity index is 1.38. The molecule has 0 unspecified atom stereocenters. The van der Waals surface area contributed by atoms with E-state index in [2.05, 4.69) is 21.9 Å². The first-order valence-corrected chi connectivity index (χ1v) is 15.6. The van der Waals surface area contributed by atoms with Crippen molar-refractivity contribution in [3.05, 3.63) is 71.9 Å². The number of aryl methyl sites for hydroxylation is 1. The number of aliphatic hydroxyl groups is 1. The van der Waals surface area contributed by atoms with Crippen molar-refractivity contribution >= 4 is 20.7 Å². The lowest BCUT2D eigenvalue weighted by Gasteiger charge is -2.37. The number of sulfone groups is 1. The summed E-state index contributed by atoms with van der Waals surface area (Å²) in [4.78, 5) is 9.55. The highest BCUT2D eigenvalue weighted by Gasteiger charge is 2.23. The van der Waals surface area contributed by atoms with Gasteiger partial charge in [-0.1, -0.05) is 36.4 Å². The zero-order chi connectivity index (χ0) is 29.5. The first-order chi connectivity index (χ1) is 19.3. The highest BCUT2D eigenvalue weighted by molar-refractivity contribution is 7.90. The Kier molecular flexibility index (Phi) is 8.04. The maximum atomic E-state index is 14.4. The predicted octanol–water partition coefficient (Wildman–Crippen LogP) is 5.37. The van der Waals surface area contributed by atoms with Crippen molar-refractivity contribution < 1.29 is 22.3 Å². The SMILES string of the molecule is Cc1nc(-c2ccc(CN3CCN(CC(C)(C)O)CC3)cc2)cc2c1cc(-c1ccc(S(C)(=O)=O)cc1)n2C(F)F. The second kappa shape index (κ2) is 11.2. The van der Waals surface area contributed by atoms with E-state index in [1.54, 1.807) is 24.3 Å². The van der Waals surface area contributed by atoms with Crippen LogP contribution in [0.2, 0.25) is 0 Å². The molecule has 218 valence electrons. The van der Waals surface area contributed by atoms with Crippen molar-refractivity contribution in [1.82, 2.24) is 19.4 Å². The summed E-state index contributed by atoms with van der Waals surface area (Å²) in [7, 11) is -3.39. The lowest BCUT2D eigenvalue weighted by Crippen LogP contribution is -2.50. The van der Waals surface area contributed by atoms with Crippen LogP contribution in [0, 0.1) is 6.92 Å². The average Bonchev–Trinajstić information content (AvgIpc) is 3.30. The van der Waals surface area contributed by atoms with E-state index in [0.29, 0.717) is 40.1 Å². The summed E-state index contributed by atoms with van der Waals surface area (Å²) in [5.41, 5.74) is 3.73. The molecule has 0 atom stereocenters. The average molecular weight is 583 g/mol. The smallest absolute Gasteiger partial charge is 0.319 e. The first kappa shape index (κ1) is 29.3. The molecule has 4 aromatic rings. The Morgan fingerprint density at radius 1 is 0.927 bits per heavy atom. The number of alkyl halides is 2. The van der Waals surface area contributed by atoms with Gasteiger partial charge in [-0.2, -0.15) is 8.78 Å². The Morgan fingerprint density at radius 2 is 1.51 bits per heavy atom. The fraction of sp³-hybridized carbons (Fsp3) is 0.387. The number of hydrogen-bond acceptors (Lipinski definition) is 6. The molecule has 2 aromatic carbocycles. The molecule has 7 nitrogen and oxygen atoms in total. The van der Waals surface area contributed by atoms with Crippen LogP contribution in [0.15, 0.2) is 65.6 Å². The lowest BCUT2D eigenvalue weighted by atomic mass is 10.1. The summed E-state index contributed by atoms with van der Waals surface area (Å²) in [6.07, 6.45) is 1.11. The van der Waals surface area contributed by atoms with Crippen LogP contribution in [0.1, 0.15) is 31.7 Å². The largest absolute Gasteiger partial charge is 0.389 e.